The largest absolute Gasteiger partial charge is 2.00 e. The van der Waals surface area contributed by atoms with Crippen molar-refractivity contribution in [2.45, 2.75) is 47.3 Å². The first-order valence-electron chi connectivity index (χ1n) is 14.1. The maximum absolute atomic E-state index is 10.6. The first kappa shape index (κ1) is 35.4. The van der Waals surface area contributed by atoms with Crippen LogP contribution in [-0.4, -0.2) is 20.1 Å². The van der Waals surface area contributed by atoms with Crippen molar-refractivity contribution in [2.75, 3.05) is 0 Å². The standard InChI is InChI=1S/C24H28N2O2.2C7H7.Zr/c1-16-9-18(3)23(27)20(11-16)13-26(15-22-7-5-6-8-25-22)14-21-12-17(2)10-19(4)24(21)28;2*1-7-5-3-2-4-6-7;/h5-12,27-28H,13-15H2,1-4H3;2*2-6H,1H2;/q;2*-1;+2. The van der Waals surface area contributed by atoms with Gasteiger partial charge in [0.1, 0.15) is 11.5 Å². The van der Waals surface area contributed by atoms with Gasteiger partial charge in [-0.25, -0.2) is 0 Å². The molecular formula is C38H42N2O2Zr. The Kier molecular flexibility index (Phi) is 14.8. The van der Waals surface area contributed by atoms with Crippen LogP contribution >= 0.6 is 0 Å². The summed E-state index contributed by atoms with van der Waals surface area (Å²) in [5.74, 6) is 0.669. The second-order valence-corrected chi connectivity index (χ2v) is 10.6. The van der Waals surface area contributed by atoms with Crippen molar-refractivity contribution in [3.63, 3.8) is 0 Å². The van der Waals surface area contributed by atoms with Gasteiger partial charge in [0.15, 0.2) is 0 Å². The normalized spacial score (nSPS) is 10.1. The van der Waals surface area contributed by atoms with Gasteiger partial charge in [0, 0.05) is 37.0 Å². The second kappa shape index (κ2) is 18.0. The van der Waals surface area contributed by atoms with E-state index in [0.29, 0.717) is 31.1 Å². The Hall–Kier alpha value is -3.79. The second-order valence-electron chi connectivity index (χ2n) is 10.6. The summed E-state index contributed by atoms with van der Waals surface area (Å²) < 4.78 is 0. The van der Waals surface area contributed by atoms with Crippen molar-refractivity contribution >= 4 is 0 Å². The Morgan fingerprint density at radius 3 is 1.35 bits per heavy atom. The molecule has 4 aromatic carbocycles. The molecule has 0 aliphatic carbocycles. The molecule has 0 bridgehead atoms. The quantitative estimate of drug-likeness (QED) is 0.181. The third-order valence-corrected chi connectivity index (χ3v) is 6.63. The van der Waals surface area contributed by atoms with Gasteiger partial charge in [-0.05, 0) is 51.0 Å². The Bertz CT molecular complexity index is 1430. The number of hydrogen-bond donors (Lipinski definition) is 2. The van der Waals surface area contributed by atoms with E-state index in [0.717, 1.165) is 50.2 Å². The van der Waals surface area contributed by atoms with Crippen LogP contribution in [0.25, 0.3) is 0 Å². The molecule has 0 fully saturated rings. The van der Waals surface area contributed by atoms with Crippen LogP contribution in [0.2, 0.25) is 0 Å². The van der Waals surface area contributed by atoms with Gasteiger partial charge in [0.2, 0.25) is 0 Å². The van der Waals surface area contributed by atoms with E-state index in [1.54, 1.807) is 6.20 Å². The number of rotatable bonds is 6. The van der Waals surface area contributed by atoms with Gasteiger partial charge in [-0.15, -0.1) is 24.3 Å². The maximum Gasteiger partial charge on any atom is 2.00 e. The van der Waals surface area contributed by atoms with E-state index in [4.69, 9.17) is 0 Å². The van der Waals surface area contributed by atoms with Crippen LogP contribution in [0.4, 0.5) is 0 Å². The van der Waals surface area contributed by atoms with E-state index >= 15 is 0 Å². The number of phenolic OH excluding ortho intramolecular Hbond substituents is 2. The zero-order valence-corrected chi connectivity index (χ0v) is 28.2. The third-order valence-electron chi connectivity index (χ3n) is 6.63. The van der Waals surface area contributed by atoms with Gasteiger partial charge in [0.05, 0.1) is 5.69 Å². The van der Waals surface area contributed by atoms with Gasteiger partial charge < -0.3 is 10.2 Å². The smallest absolute Gasteiger partial charge is 0.507 e. The number of aryl methyl sites for hydroxylation is 4. The van der Waals surface area contributed by atoms with E-state index < -0.39 is 0 Å². The van der Waals surface area contributed by atoms with Gasteiger partial charge in [-0.1, -0.05) is 53.6 Å². The fraction of sp³-hybridized carbons (Fsp3) is 0.184. The van der Waals surface area contributed by atoms with Crippen molar-refractivity contribution in [3.8, 4) is 11.5 Å². The summed E-state index contributed by atoms with van der Waals surface area (Å²) in [5.41, 5.74) is 8.87. The van der Waals surface area contributed by atoms with Crippen LogP contribution in [-0.2, 0) is 45.8 Å². The molecular weight excluding hydrogens is 608 g/mol. The predicted octanol–water partition coefficient (Wildman–Crippen LogP) is 8.66. The minimum Gasteiger partial charge on any atom is -0.507 e. The molecule has 43 heavy (non-hydrogen) atoms. The molecule has 0 radical (unpaired) electrons. The molecule has 0 amide bonds. The minimum atomic E-state index is 0. The summed E-state index contributed by atoms with van der Waals surface area (Å²) in [4.78, 5) is 6.65. The first-order valence-corrected chi connectivity index (χ1v) is 14.1. The van der Waals surface area contributed by atoms with Crippen molar-refractivity contribution < 1.29 is 36.4 Å². The zero-order valence-electron chi connectivity index (χ0n) is 25.7. The number of phenols is 2. The third kappa shape index (κ3) is 12.2. The van der Waals surface area contributed by atoms with E-state index in [-0.39, 0.29) is 26.2 Å². The molecule has 0 unspecified atom stereocenters. The number of hydrogen-bond acceptors (Lipinski definition) is 4. The van der Waals surface area contributed by atoms with E-state index in [2.05, 4.69) is 23.7 Å². The predicted molar refractivity (Wildman–Crippen MR) is 174 cm³/mol. The SMILES string of the molecule is Cc1cc(C)c(O)c(CN(Cc2ccccn2)Cc2cc(C)cc(C)c2O)c1.[CH2-]c1ccccc1.[CH2-]c1ccccc1.[Zr+2]. The molecule has 5 rings (SSSR count). The average molecular weight is 650 g/mol. The molecule has 4 nitrogen and oxygen atoms in total. The molecule has 5 heteroatoms. The summed E-state index contributed by atoms with van der Waals surface area (Å²) in [7, 11) is 0. The van der Waals surface area contributed by atoms with E-state index in [9.17, 15) is 10.2 Å². The Morgan fingerprint density at radius 1 is 0.581 bits per heavy atom. The van der Waals surface area contributed by atoms with Crippen molar-refractivity contribution in [2.24, 2.45) is 0 Å². The van der Waals surface area contributed by atoms with Crippen LogP contribution in [0, 0.1) is 41.5 Å². The van der Waals surface area contributed by atoms with Crippen LogP contribution in [0.5, 0.6) is 11.5 Å². The molecule has 1 heterocycles. The van der Waals surface area contributed by atoms with Crippen molar-refractivity contribution in [1.29, 1.82) is 0 Å². The number of aromatic nitrogens is 1. The maximum atomic E-state index is 10.6. The molecule has 0 atom stereocenters. The summed E-state index contributed by atoms with van der Waals surface area (Å²) in [6.45, 7) is 17.1. The van der Waals surface area contributed by atoms with Crippen LogP contribution in [0.1, 0.15) is 50.2 Å². The summed E-state index contributed by atoms with van der Waals surface area (Å²) >= 11 is 0. The fourth-order valence-corrected chi connectivity index (χ4v) is 4.66. The van der Waals surface area contributed by atoms with E-state index in [1.807, 2.05) is 131 Å². The zero-order chi connectivity index (χ0) is 30.5. The van der Waals surface area contributed by atoms with Crippen LogP contribution in [0.15, 0.2) is 109 Å². The number of benzene rings is 4. The Balaban J connectivity index is 0.000000350. The number of pyridine rings is 1. The van der Waals surface area contributed by atoms with Gasteiger partial charge >= 0.3 is 26.2 Å². The molecule has 2 N–H and O–H groups in total. The summed E-state index contributed by atoms with van der Waals surface area (Å²) in [5, 5.41) is 21.1. The Labute approximate surface area is 277 Å². The molecule has 5 aromatic rings. The summed E-state index contributed by atoms with van der Waals surface area (Å²) in [6, 6.07) is 33.6. The molecule has 1 aromatic heterocycles. The molecule has 220 valence electrons. The van der Waals surface area contributed by atoms with Crippen molar-refractivity contribution in [1.82, 2.24) is 9.88 Å². The number of aromatic hydroxyl groups is 2. The monoisotopic (exact) mass is 648 g/mol. The average Bonchev–Trinajstić information content (AvgIpc) is 2.96. The summed E-state index contributed by atoms with van der Waals surface area (Å²) in [6.07, 6.45) is 1.79. The van der Waals surface area contributed by atoms with Gasteiger partial charge in [-0.3, -0.25) is 9.88 Å². The van der Waals surface area contributed by atoms with Gasteiger partial charge in [-0.2, -0.15) is 49.2 Å². The first-order chi connectivity index (χ1) is 20.1. The minimum absolute atomic E-state index is 0. The molecule has 0 saturated carbocycles. The fourth-order valence-electron chi connectivity index (χ4n) is 4.66. The van der Waals surface area contributed by atoms with Crippen LogP contribution in [0.3, 0.4) is 0 Å². The molecule has 0 spiro atoms. The number of nitrogens with zero attached hydrogens (tertiary/aromatic N) is 2. The van der Waals surface area contributed by atoms with Crippen LogP contribution < -0.4 is 0 Å². The van der Waals surface area contributed by atoms with Gasteiger partial charge in [0.25, 0.3) is 0 Å². The molecule has 0 saturated heterocycles. The van der Waals surface area contributed by atoms with E-state index in [1.165, 1.54) is 0 Å². The molecule has 0 aliphatic heterocycles. The topological polar surface area (TPSA) is 56.6 Å². The molecule has 0 aliphatic rings. The van der Waals surface area contributed by atoms with Crippen molar-refractivity contribution in [3.05, 3.63) is 173 Å². The Morgan fingerprint density at radius 2 is 1.00 bits per heavy atom.